The molecule has 0 bridgehead atoms. The number of fused-ring (bicyclic) bond motifs is 1. The van der Waals surface area contributed by atoms with E-state index in [1.165, 1.54) is 10.4 Å². The van der Waals surface area contributed by atoms with Crippen molar-refractivity contribution < 1.29 is 14.2 Å². The Hall–Kier alpha value is -2.50. The first-order chi connectivity index (χ1) is 13.7. The molecule has 0 saturated carbocycles. The molecule has 1 aromatic heterocycles. The highest BCUT2D eigenvalue weighted by Gasteiger charge is 2.21. The minimum absolute atomic E-state index is 0.662. The van der Waals surface area contributed by atoms with Gasteiger partial charge in [-0.2, -0.15) is 0 Å². The minimum atomic E-state index is 0.662. The fourth-order valence-electron chi connectivity index (χ4n) is 3.54. The summed E-state index contributed by atoms with van der Waals surface area (Å²) in [7, 11) is 3.39. The molecule has 0 N–H and O–H groups in total. The number of thiophene rings is 1. The van der Waals surface area contributed by atoms with Gasteiger partial charge in [-0.1, -0.05) is 12.1 Å². The van der Waals surface area contributed by atoms with Crippen molar-refractivity contribution in [2.24, 2.45) is 0 Å². The van der Waals surface area contributed by atoms with Crippen molar-refractivity contribution >= 4 is 11.3 Å². The van der Waals surface area contributed by atoms with E-state index < -0.39 is 0 Å². The van der Waals surface area contributed by atoms with E-state index in [0.717, 1.165) is 53.6 Å². The van der Waals surface area contributed by atoms with E-state index in [1.54, 1.807) is 14.2 Å². The zero-order valence-electron chi connectivity index (χ0n) is 16.5. The predicted molar refractivity (Wildman–Crippen MR) is 114 cm³/mol. The maximum absolute atomic E-state index is 6.09. The molecule has 0 fully saturated rings. The summed E-state index contributed by atoms with van der Waals surface area (Å²) in [6.07, 6.45) is 0. The molecule has 0 radical (unpaired) electrons. The van der Waals surface area contributed by atoms with Gasteiger partial charge in [-0.05, 0) is 59.3 Å². The molecule has 28 heavy (non-hydrogen) atoms. The molecule has 1 aliphatic heterocycles. The molecule has 0 aliphatic carbocycles. The molecule has 2 aromatic carbocycles. The Morgan fingerprint density at radius 3 is 2.54 bits per heavy atom. The van der Waals surface area contributed by atoms with E-state index >= 15 is 0 Å². The molecule has 0 amide bonds. The van der Waals surface area contributed by atoms with Crippen molar-refractivity contribution in [1.82, 2.24) is 4.90 Å². The highest BCUT2D eigenvalue weighted by molar-refractivity contribution is 7.10. The van der Waals surface area contributed by atoms with Gasteiger partial charge >= 0.3 is 0 Å². The summed E-state index contributed by atoms with van der Waals surface area (Å²) in [5.41, 5.74) is 4.78. The Morgan fingerprint density at radius 1 is 1.04 bits per heavy atom. The third kappa shape index (κ3) is 3.86. The Kier molecular flexibility index (Phi) is 5.55. The van der Waals surface area contributed by atoms with E-state index in [1.807, 2.05) is 23.5 Å². The van der Waals surface area contributed by atoms with Gasteiger partial charge < -0.3 is 14.2 Å². The molecule has 146 valence electrons. The van der Waals surface area contributed by atoms with Crippen molar-refractivity contribution in [1.29, 1.82) is 0 Å². The Morgan fingerprint density at radius 2 is 1.86 bits per heavy atom. The molecule has 2 heterocycles. The van der Waals surface area contributed by atoms with Gasteiger partial charge in [-0.25, -0.2) is 0 Å². The van der Waals surface area contributed by atoms with Crippen LogP contribution in [0, 0.1) is 6.92 Å². The molecule has 0 spiro atoms. The molecule has 4 nitrogen and oxygen atoms in total. The van der Waals surface area contributed by atoms with Crippen LogP contribution in [-0.2, 0) is 13.1 Å². The van der Waals surface area contributed by atoms with E-state index in [2.05, 4.69) is 47.5 Å². The monoisotopic (exact) mass is 395 g/mol. The van der Waals surface area contributed by atoms with Gasteiger partial charge in [0.1, 0.15) is 12.4 Å². The molecular formula is C23H25NO3S. The largest absolute Gasteiger partial charge is 0.497 e. The maximum Gasteiger partial charge on any atom is 0.165 e. The number of nitrogens with zero attached hydrogens (tertiary/aromatic N) is 1. The third-order valence-corrected chi connectivity index (χ3v) is 6.17. The molecule has 0 saturated heterocycles. The average Bonchev–Trinajstić information content (AvgIpc) is 3.01. The summed E-state index contributed by atoms with van der Waals surface area (Å²) in [4.78, 5) is 3.86. The second-order valence-corrected chi connectivity index (χ2v) is 7.98. The minimum Gasteiger partial charge on any atom is -0.497 e. The van der Waals surface area contributed by atoms with Crippen LogP contribution in [-0.4, -0.2) is 32.3 Å². The Balaban J connectivity index is 1.66. The standard InChI is InChI=1S/C23H25NO3S/c1-16-8-11-28-22(16)15-24-9-10-27-23-19(14-24)12-18(13-21(23)26-3)17-4-6-20(25-2)7-5-17/h4-8,11-13H,9-10,14-15H2,1-3H3. The highest BCUT2D eigenvalue weighted by Crippen LogP contribution is 2.39. The van der Waals surface area contributed by atoms with Crippen LogP contribution in [0.1, 0.15) is 16.0 Å². The summed E-state index contributed by atoms with van der Waals surface area (Å²) in [6.45, 7) is 5.52. The molecule has 0 atom stereocenters. The van der Waals surface area contributed by atoms with Crippen molar-refractivity contribution in [3.8, 4) is 28.4 Å². The van der Waals surface area contributed by atoms with Gasteiger partial charge in [0.2, 0.25) is 0 Å². The van der Waals surface area contributed by atoms with Gasteiger partial charge in [-0.15, -0.1) is 11.3 Å². The number of benzene rings is 2. The lowest BCUT2D eigenvalue weighted by molar-refractivity contribution is 0.218. The highest BCUT2D eigenvalue weighted by atomic mass is 32.1. The summed E-state index contributed by atoms with van der Waals surface area (Å²) >= 11 is 1.82. The predicted octanol–water partition coefficient (Wildman–Crippen LogP) is 5.14. The van der Waals surface area contributed by atoms with Crippen molar-refractivity contribution in [2.75, 3.05) is 27.4 Å². The zero-order valence-corrected chi connectivity index (χ0v) is 17.3. The number of hydrogen-bond acceptors (Lipinski definition) is 5. The first-order valence-electron chi connectivity index (χ1n) is 9.41. The SMILES string of the molecule is COc1ccc(-c2cc3c(c(OC)c2)OCCN(Cc2sccc2C)C3)cc1. The molecule has 4 rings (SSSR count). The van der Waals surface area contributed by atoms with Crippen LogP contribution in [0.15, 0.2) is 47.8 Å². The smallest absolute Gasteiger partial charge is 0.165 e. The van der Waals surface area contributed by atoms with Crippen LogP contribution in [0.5, 0.6) is 17.2 Å². The average molecular weight is 396 g/mol. The van der Waals surface area contributed by atoms with E-state index in [0.29, 0.717) is 6.61 Å². The lowest BCUT2D eigenvalue weighted by Crippen LogP contribution is -2.25. The molecular weight excluding hydrogens is 370 g/mol. The topological polar surface area (TPSA) is 30.9 Å². The lowest BCUT2D eigenvalue weighted by atomic mass is 10.0. The first kappa shape index (κ1) is 18.8. The maximum atomic E-state index is 6.09. The normalized spacial score (nSPS) is 14.1. The molecule has 5 heteroatoms. The second-order valence-electron chi connectivity index (χ2n) is 6.98. The van der Waals surface area contributed by atoms with Crippen LogP contribution < -0.4 is 14.2 Å². The summed E-state index contributed by atoms with van der Waals surface area (Å²) < 4.78 is 17.0. The van der Waals surface area contributed by atoms with Crippen LogP contribution in [0.25, 0.3) is 11.1 Å². The third-order valence-electron chi connectivity index (χ3n) is 5.16. The first-order valence-corrected chi connectivity index (χ1v) is 10.3. The van der Waals surface area contributed by atoms with E-state index in [9.17, 15) is 0 Å². The molecule has 3 aromatic rings. The number of aryl methyl sites for hydroxylation is 1. The van der Waals surface area contributed by atoms with Gasteiger partial charge in [0, 0.05) is 30.1 Å². The van der Waals surface area contributed by atoms with Crippen LogP contribution in [0.3, 0.4) is 0 Å². The van der Waals surface area contributed by atoms with Gasteiger partial charge in [-0.3, -0.25) is 4.90 Å². The van der Waals surface area contributed by atoms with Gasteiger partial charge in [0.15, 0.2) is 11.5 Å². The van der Waals surface area contributed by atoms with E-state index in [-0.39, 0.29) is 0 Å². The van der Waals surface area contributed by atoms with Gasteiger partial charge in [0.25, 0.3) is 0 Å². The van der Waals surface area contributed by atoms with Crippen LogP contribution in [0.4, 0.5) is 0 Å². The van der Waals surface area contributed by atoms with E-state index in [4.69, 9.17) is 14.2 Å². The molecule has 0 unspecified atom stereocenters. The number of ether oxygens (including phenoxy) is 3. The summed E-state index contributed by atoms with van der Waals surface area (Å²) in [6, 6.07) is 14.6. The van der Waals surface area contributed by atoms with Crippen LogP contribution >= 0.6 is 11.3 Å². The molecule has 1 aliphatic rings. The number of rotatable bonds is 5. The van der Waals surface area contributed by atoms with Crippen molar-refractivity contribution in [2.45, 2.75) is 20.0 Å². The summed E-state index contributed by atoms with van der Waals surface area (Å²) in [5.74, 6) is 2.51. The number of hydrogen-bond donors (Lipinski definition) is 0. The quantitative estimate of drug-likeness (QED) is 0.599. The fraction of sp³-hybridized carbons (Fsp3) is 0.304. The Bertz CT molecular complexity index is 949. The second kappa shape index (κ2) is 8.25. The Labute approximate surface area is 170 Å². The zero-order chi connectivity index (χ0) is 19.5. The van der Waals surface area contributed by atoms with Crippen molar-refractivity contribution in [3.05, 3.63) is 63.8 Å². The summed E-state index contributed by atoms with van der Waals surface area (Å²) in [5, 5.41) is 2.16. The lowest BCUT2D eigenvalue weighted by Gasteiger charge is -2.19. The number of methoxy groups -OCH3 is 2. The van der Waals surface area contributed by atoms with Gasteiger partial charge in [0.05, 0.1) is 14.2 Å². The van der Waals surface area contributed by atoms with Crippen molar-refractivity contribution in [3.63, 3.8) is 0 Å². The van der Waals surface area contributed by atoms with Crippen LogP contribution in [0.2, 0.25) is 0 Å². The fourth-order valence-corrected chi connectivity index (χ4v) is 4.49.